The lowest BCUT2D eigenvalue weighted by Crippen LogP contribution is -2.46. The molecule has 1 heterocycles. The highest BCUT2D eigenvalue weighted by Gasteiger charge is 2.24. The van der Waals surface area contributed by atoms with Crippen molar-refractivity contribution in [2.24, 2.45) is 7.05 Å². The molecule has 0 saturated heterocycles. The van der Waals surface area contributed by atoms with Crippen molar-refractivity contribution in [1.82, 2.24) is 14.4 Å². The van der Waals surface area contributed by atoms with Gasteiger partial charge < -0.3 is 19.1 Å². The first-order valence-corrected chi connectivity index (χ1v) is 11.3. The standard InChI is InChI=1S/C27H33N3O3/c1-22(2)30(27(32)21-33-20-24-13-8-5-9-14-24)19-26(31)29(17-23-11-6-4-7-12-23)18-25-15-10-16-28(25)3/h4-16,22H,17-21H2,1-3H3. The van der Waals surface area contributed by atoms with E-state index in [1.54, 1.807) is 9.80 Å². The van der Waals surface area contributed by atoms with E-state index in [2.05, 4.69) is 0 Å². The molecule has 1 aromatic heterocycles. The summed E-state index contributed by atoms with van der Waals surface area (Å²) >= 11 is 0. The maximum atomic E-state index is 13.4. The summed E-state index contributed by atoms with van der Waals surface area (Å²) in [4.78, 5) is 29.7. The molecular formula is C27H33N3O3. The van der Waals surface area contributed by atoms with Crippen molar-refractivity contribution in [3.05, 3.63) is 95.8 Å². The van der Waals surface area contributed by atoms with Crippen LogP contribution in [0.4, 0.5) is 0 Å². The number of hydrogen-bond donors (Lipinski definition) is 0. The van der Waals surface area contributed by atoms with Gasteiger partial charge in [-0.05, 0) is 37.1 Å². The zero-order valence-corrected chi connectivity index (χ0v) is 19.7. The molecule has 3 rings (SSSR count). The number of hydrogen-bond acceptors (Lipinski definition) is 3. The minimum atomic E-state index is -0.187. The molecule has 3 aromatic rings. The summed E-state index contributed by atoms with van der Waals surface area (Å²) in [6, 6.07) is 23.5. The zero-order valence-electron chi connectivity index (χ0n) is 19.7. The lowest BCUT2D eigenvalue weighted by molar-refractivity contribution is -0.145. The second kappa shape index (κ2) is 12.0. The number of benzene rings is 2. The van der Waals surface area contributed by atoms with Crippen molar-refractivity contribution >= 4 is 11.8 Å². The Bertz CT molecular complexity index is 1020. The van der Waals surface area contributed by atoms with Crippen molar-refractivity contribution in [3.63, 3.8) is 0 Å². The summed E-state index contributed by atoms with van der Waals surface area (Å²) in [7, 11) is 1.97. The fourth-order valence-electron chi connectivity index (χ4n) is 3.61. The molecule has 33 heavy (non-hydrogen) atoms. The van der Waals surface area contributed by atoms with Gasteiger partial charge in [-0.1, -0.05) is 60.7 Å². The van der Waals surface area contributed by atoms with Crippen molar-refractivity contribution in [3.8, 4) is 0 Å². The topological polar surface area (TPSA) is 54.8 Å². The third-order valence-electron chi connectivity index (χ3n) is 5.56. The Balaban J connectivity index is 1.66. The minimum Gasteiger partial charge on any atom is -0.367 e. The molecule has 0 aliphatic rings. The van der Waals surface area contributed by atoms with Crippen LogP contribution < -0.4 is 0 Å². The van der Waals surface area contributed by atoms with Gasteiger partial charge in [0.2, 0.25) is 11.8 Å². The summed E-state index contributed by atoms with van der Waals surface area (Å²) in [6.45, 7) is 5.11. The highest BCUT2D eigenvalue weighted by Crippen LogP contribution is 2.13. The smallest absolute Gasteiger partial charge is 0.249 e. The first-order valence-electron chi connectivity index (χ1n) is 11.3. The maximum absolute atomic E-state index is 13.4. The van der Waals surface area contributed by atoms with Crippen LogP contribution in [0, 0.1) is 0 Å². The summed E-state index contributed by atoms with van der Waals surface area (Å²) in [5.41, 5.74) is 3.09. The van der Waals surface area contributed by atoms with Gasteiger partial charge in [0.15, 0.2) is 0 Å². The van der Waals surface area contributed by atoms with Gasteiger partial charge in [0.05, 0.1) is 13.2 Å². The average molecular weight is 448 g/mol. The molecule has 6 heteroatoms. The molecule has 0 fully saturated rings. The number of carbonyl (C=O) groups is 2. The molecule has 6 nitrogen and oxygen atoms in total. The SMILES string of the molecule is CC(C)N(CC(=O)N(Cc1ccccc1)Cc1cccn1C)C(=O)COCc1ccccc1. The van der Waals surface area contributed by atoms with E-state index in [0.29, 0.717) is 19.7 Å². The van der Waals surface area contributed by atoms with Gasteiger partial charge in [0, 0.05) is 31.5 Å². The highest BCUT2D eigenvalue weighted by atomic mass is 16.5. The van der Waals surface area contributed by atoms with E-state index < -0.39 is 0 Å². The second-order valence-electron chi connectivity index (χ2n) is 8.44. The molecule has 2 aromatic carbocycles. The highest BCUT2D eigenvalue weighted by molar-refractivity contribution is 5.85. The molecule has 0 N–H and O–H groups in total. The number of aryl methyl sites for hydroxylation is 1. The van der Waals surface area contributed by atoms with Crippen LogP contribution >= 0.6 is 0 Å². The number of amides is 2. The fourth-order valence-corrected chi connectivity index (χ4v) is 3.61. The van der Waals surface area contributed by atoms with Gasteiger partial charge >= 0.3 is 0 Å². The first-order chi connectivity index (χ1) is 15.9. The molecule has 2 amide bonds. The van der Waals surface area contributed by atoms with Crippen molar-refractivity contribution < 1.29 is 14.3 Å². The minimum absolute atomic E-state index is 0.0163. The number of rotatable bonds is 11. The van der Waals surface area contributed by atoms with Crippen molar-refractivity contribution in [2.45, 2.75) is 39.6 Å². The van der Waals surface area contributed by atoms with Crippen molar-refractivity contribution in [2.75, 3.05) is 13.2 Å². The van der Waals surface area contributed by atoms with Crippen LogP contribution in [0.2, 0.25) is 0 Å². The Morgan fingerprint density at radius 3 is 2.06 bits per heavy atom. The monoisotopic (exact) mass is 447 g/mol. The maximum Gasteiger partial charge on any atom is 0.249 e. The molecule has 0 saturated carbocycles. The Morgan fingerprint density at radius 1 is 0.848 bits per heavy atom. The molecule has 0 radical (unpaired) electrons. The van der Waals surface area contributed by atoms with Crippen LogP contribution in [-0.2, 0) is 41.1 Å². The molecule has 0 unspecified atom stereocenters. The third kappa shape index (κ3) is 7.32. The molecule has 0 spiro atoms. The van der Waals surface area contributed by atoms with Crippen LogP contribution in [0.5, 0.6) is 0 Å². The van der Waals surface area contributed by atoms with Crippen LogP contribution in [-0.4, -0.2) is 45.4 Å². The molecule has 0 atom stereocenters. The van der Waals surface area contributed by atoms with E-state index in [1.165, 1.54) is 0 Å². The Kier molecular flexibility index (Phi) is 8.84. The number of ether oxygens (including phenoxy) is 1. The number of aromatic nitrogens is 1. The Labute approximate surface area is 196 Å². The van der Waals surface area contributed by atoms with E-state index >= 15 is 0 Å². The normalized spacial score (nSPS) is 10.9. The van der Waals surface area contributed by atoms with Gasteiger partial charge in [-0.15, -0.1) is 0 Å². The largest absolute Gasteiger partial charge is 0.367 e. The quantitative estimate of drug-likeness (QED) is 0.446. The van der Waals surface area contributed by atoms with Crippen LogP contribution in [0.1, 0.15) is 30.7 Å². The van der Waals surface area contributed by atoms with E-state index in [4.69, 9.17) is 4.74 Å². The van der Waals surface area contributed by atoms with Gasteiger partial charge in [-0.3, -0.25) is 9.59 Å². The van der Waals surface area contributed by atoms with E-state index in [-0.39, 0.29) is 31.0 Å². The average Bonchev–Trinajstić information content (AvgIpc) is 3.22. The molecule has 0 aliphatic carbocycles. The molecule has 0 aliphatic heterocycles. The predicted octanol–water partition coefficient (Wildman–Crippen LogP) is 4.01. The summed E-state index contributed by atoms with van der Waals surface area (Å²) in [5, 5.41) is 0. The third-order valence-corrected chi connectivity index (χ3v) is 5.56. The molecular weight excluding hydrogens is 414 g/mol. The summed E-state index contributed by atoms with van der Waals surface area (Å²) in [5.74, 6) is -0.280. The van der Waals surface area contributed by atoms with Crippen LogP contribution in [0.25, 0.3) is 0 Å². The van der Waals surface area contributed by atoms with E-state index in [9.17, 15) is 9.59 Å². The van der Waals surface area contributed by atoms with E-state index in [0.717, 1.165) is 16.8 Å². The van der Waals surface area contributed by atoms with Gasteiger partial charge in [-0.25, -0.2) is 0 Å². The summed E-state index contributed by atoms with van der Waals surface area (Å²) < 4.78 is 7.64. The number of carbonyl (C=O) groups excluding carboxylic acids is 2. The van der Waals surface area contributed by atoms with E-state index in [1.807, 2.05) is 104 Å². The van der Waals surface area contributed by atoms with Crippen molar-refractivity contribution in [1.29, 1.82) is 0 Å². The first kappa shape index (κ1) is 24.3. The molecule has 0 bridgehead atoms. The Morgan fingerprint density at radius 2 is 1.48 bits per heavy atom. The van der Waals surface area contributed by atoms with Gasteiger partial charge in [0.25, 0.3) is 0 Å². The van der Waals surface area contributed by atoms with Crippen LogP contribution in [0.15, 0.2) is 79.0 Å². The second-order valence-corrected chi connectivity index (χ2v) is 8.44. The fraction of sp³-hybridized carbons (Fsp3) is 0.333. The predicted molar refractivity (Wildman–Crippen MR) is 129 cm³/mol. The Hall–Kier alpha value is -3.38. The summed E-state index contributed by atoms with van der Waals surface area (Å²) in [6.07, 6.45) is 1.97. The lowest BCUT2D eigenvalue weighted by Gasteiger charge is -2.30. The van der Waals surface area contributed by atoms with Crippen LogP contribution in [0.3, 0.4) is 0 Å². The van der Waals surface area contributed by atoms with Gasteiger partial charge in [0.1, 0.15) is 13.2 Å². The lowest BCUT2D eigenvalue weighted by atomic mass is 10.2. The molecule has 174 valence electrons. The zero-order chi connectivity index (χ0) is 23.6. The number of nitrogens with zero attached hydrogens (tertiary/aromatic N) is 3. The van der Waals surface area contributed by atoms with Gasteiger partial charge in [-0.2, -0.15) is 0 Å².